The number of fused-ring (bicyclic) bond motifs is 3. The maximum Gasteiger partial charge on any atom is 0.344 e. The number of nitrogens with one attached hydrogen (secondary N) is 1. The van der Waals surface area contributed by atoms with Gasteiger partial charge in [-0.1, -0.05) is 18.2 Å². The summed E-state index contributed by atoms with van der Waals surface area (Å²) < 4.78 is 1.11. The van der Waals surface area contributed by atoms with E-state index in [-0.39, 0.29) is 5.69 Å². The molecule has 0 amide bonds. The molecule has 0 unspecified atom stereocenters. The number of hydrogen-bond donors (Lipinski definition) is 2. The third-order valence-corrected chi connectivity index (χ3v) is 2.45. The molecule has 0 spiro atoms. The molecule has 0 saturated heterocycles. The van der Waals surface area contributed by atoms with E-state index in [9.17, 15) is 4.79 Å². The zero-order valence-electron chi connectivity index (χ0n) is 7.77. The Labute approximate surface area is 84.1 Å². The van der Waals surface area contributed by atoms with Crippen LogP contribution in [0.25, 0.3) is 21.9 Å². The van der Waals surface area contributed by atoms with Crippen molar-refractivity contribution in [2.24, 2.45) is 0 Å². The Bertz CT molecular complexity index is 710. The summed E-state index contributed by atoms with van der Waals surface area (Å²) in [5.74, 6) is 5.65. The maximum atomic E-state index is 11.3. The summed E-state index contributed by atoms with van der Waals surface area (Å²) in [5.41, 5.74) is 1.83. The van der Waals surface area contributed by atoms with Crippen LogP contribution in [0, 0.1) is 0 Å². The van der Waals surface area contributed by atoms with Crippen LogP contribution in [0.4, 0.5) is 0 Å². The molecule has 0 atom stereocenters. The van der Waals surface area contributed by atoms with Gasteiger partial charge in [-0.15, -0.1) is 0 Å². The minimum atomic E-state index is -0.330. The maximum absolute atomic E-state index is 11.3. The van der Waals surface area contributed by atoms with Gasteiger partial charge < -0.3 is 10.8 Å². The third kappa shape index (κ3) is 0.969. The van der Waals surface area contributed by atoms with Crippen LogP contribution in [0.15, 0.2) is 35.3 Å². The molecule has 74 valence electrons. The highest BCUT2D eigenvalue weighted by Crippen LogP contribution is 2.19. The molecule has 0 fully saturated rings. The number of H-pyrrole nitrogens is 1. The molecule has 3 aromatic rings. The molecule has 0 aliphatic heterocycles. The van der Waals surface area contributed by atoms with Crippen molar-refractivity contribution >= 4 is 21.9 Å². The lowest BCUT2D eigenvalue weighted by Crippen LogP contribution is -2.23. The second-order valence-electron chi connectivity index (χ2n) is 3.34. The van der Waals surface area contributed by atoms with Crippen LogP contribution in [0.3, 0.4) is 0 Å². The van der Waals surface area contributed by atoms with E-state index in [0.717, 1.165) is 15.6 Å². The number of aromatic nitrogens is 3. The highest BCUT2D eigenvalue weighted by Gasteiger charge is 2.07. The third-order valence-electron chi connectivity index (χ3n) is 2.45. The molecule has 3 N–H and O–H groups in total. The zero-order valence-corrected chi connectivity index (χ0v) is 7.77. The highest BCUT2D eigenvalue weighted by molar-refractivity contribution is 6.01. The number of hydrogen-bond acceptors (Lipinski definition) is 3. The quantitative estimate of drug-likeness (QED) is 0.521. The Kier molecular flexibility index (Phi) is 1.39. The van der Waals surface area contributed by atoms with Gasteiger partial charge in [-0.2, -0.15) is 0 Å². The molecule has 0 saturated carbocycles. The normalized spacial score (nSPS) is 11.2. The fourth-order valence-electron chi connectivity index (χ4n) is 1.75. The predicted octanol–water partition coefficient (Wildman–Crippen LogP) is 0.592. The lowest BCUT2D eigenvalue weighted by Gasteiger charge is -1.99. The van der Waals surface area contributed by atoms with Crippen molar-refractivity contribution in [1.82, 2.24) is 14.6 Å². The van der Waals surface area contributed by atoms with Gasteiger partial charge >= 0.3 is 5.69 Å². The Balaban J connectivity index is 2.69. The summed E-state index contributed by atoms with van der Waals surface area (Å²) in [4.78, 5) is 18.2. The lowest BCUT2D eigenvalue weighted by molar-refractivity contribution is 0.970. The number of benzene rings is 1. The van der Waals surface area contributed by atoms with Crippen molar-refractivity contribution in [3.63, 3.8) is 0 Å². The van der Waals surface area contributed by atoms with Crippen LogP contribution in [0.2, 0.25) is 0 Å². The molecule has 0 bridgehead atoms. The summed E-state index contributed by atoms with van der Waals surface area (Å²) >= 11 is 0. The summed E-state index contributed by atoms with van der Waals surface area (Å²) in [5, 5.41) is 0.871. The molecule has 3 rings (SSSR count). The number of rotatable bonds is 0. The Hall–Kier alpha value is -2.30. The van der Waals surface area contributed by atoms with E-state index in [2.05, 4.69) is 9.97 Å². The van der Waals surface area contributed by atoms with Crippen molar-refractivity contribution in [1.29, 1.82) is 0 Å². The van der Waals surface area contributed by atoms with Gasteiger partial charge in [-0.05, 0) is 6.07 Å². The van der Waals surface area contributed by atoms with Crippen molar-refractivity contribution in [3.05, 3.63) is 40.9 Å². The molecular formula is C10H8N4O. The van der Waals surface area contributed by atoms with E-state index in [1.807, 2.05) is 24.3 Å². The van der Waals surface area contributed by atoms with Gasteiger partial charge in [0.2, 0.25) is 0 Å². The van der Waals surface area contributed by atoms with Crippen LogP contribution < -0.4 is 11.5 Å². The van der Waals surface area contributed by atoms with Crippen LogP contribution >= 0.6 is 0 Å². The average Bonchev–Trinajstić information content (AvgIpc) is 2.55. The van der Waals surface area contributed by atoms with Gasteiger partial charge in [-0.3, -0.25) is 4.98 Å². The van der Waals surface area contributed by atoms with Crippen molar-refractivity contribution in [2.75, 3.05) is 5.84 Å². The van der Waals surface area contributed by atoms with Crippen molar-refractivity contribution < 1.29 is 0 Å². The molecule has 15 heavy (non-hydrogen) atoms. The molecule has 0 radical (unpaired) electrons. The topological polar surface area (TPSA) is 76.7 Å². The Morgan fingerprint density at radius 3 is 3.00 bits per heavy atom. The van der Waals surface area contributed by atoms with E-state index in [1.165, 1.54) is 0 Å². The first-order valence-electron chi connectivity index (χ1n) is 4.51. The number of aromatic amines is 1. The smallest absolute Gasteiger partial charge is 0.335 e. The minimum Gasteiger partial charge on any atom is -0.335 e. The Morgan fingerprint density at radius 2 is 2.13 bits per heavy atom. The molecule has 0 aliphatic rings. The standard InChI is InChI=1S/C10H8N4O/c11-14-9-6-3-1-2-4-7(6)12-5-8(9)13-10(14)15/h1-5H,11H2,(H,13,15). The van der Waals surface area contributed by atoms with E-state index < -0.39 is 0 Å². The van der Waals surface area contributed by atoms with Crippen molar-refractivity contribution in [3.8, 4) is 0 Å². The number of pyridine rings is 1. The highest BCUT2D eigenvalue weighted by atomic mass is 16.1. The summed E-state index contributed by atoms with van der Waals surface area (Å²) in [7, 11) is 0. The fourth-order valence-corrected chi connectivity index (χ4v) is 1.75. The number of nitrogens with zero attached hydrogens (tertiary/aromatic N) is 2. The largest absolute Gasteiger partial charge is 0.344 e. The average molecular weight is 200 g/mol. The summed E-state index contributed by atoms with van der Waals surface area (Å²) in [6.07, 6.45) is 1.61. The lowest BCUT2D eigenvalue weighted by atomic mass is 10.2. The number of para-hydroxylation sites is 1. The molecule has 0 aliphatic carbocycles. The van der Waals surface area contributed by atoms with E-state index in [0.29, 0.717) is 11.0 Å². The fraction of sp³-hybridized carbons (Fsp3) is 0. The van der Waals surface area contributed by atoms with E-state index in [4.69, 9.17) is 5.84 Å². The van der Waals surface area contributed by atoms with Gasteiger partial charge in [0.25, 0.3) is 0 Å². The number of nitrogen functional groups attached to an aromatic ring is 1. The molecular weight excluding hydrogens is 192 g/mol. The van der Waals surface area contributed by atoms with Crippen LogP contribution in [-0.2, 0) is 0 Å². The minimum absolute atomic E-state index is 0.330. The van der Waals surface area contributed by atoms with E-state index >= 15 is 0 Å². The van der Waals surface area contributed by atoms with Gasteiger partial charge in [-0.25, -0.2) is 9.47 Å². The molecule has 5 heteroatoms. The Morgan fingerprint density at radius 1 is 1.33 bits per heavy atom. The van der Waals surface area contributed by atoms with Gasteiger partial charge in [0, 0.05) is 5.39 Å². The summed E-state index contributed by atoms with van der Waals surface area (Å²) in [6, 6.07) is 7.56. The van der Waals surface area contributed by atoms with Crippen LogP contribution in [0.1, 0.15) is 0 Å². The van der Waals surface area contributed by atoms with Gasteiger partial charge in [0.15, 0.2) is 0 Å². The first kappa shape index (κ1) is 8.05. The molecule has 2 heterocycles. The first-order valence-corrected chi connectivity index (χ1v) is 4.51. The van der Waals surface area contributed by atoms with Crippen molar-refractivity contribution in [2.45, 2.75) is 0 Å². The second kappa shape index (κ2) is 2.60. The molecule has 2 aromatic heterocycles. The van der Waals surface area contributed by atoms with Crippen LogP contribution in [-0.4, -0.2) is 14.6 Å². The number of nitrogens with two attached hydrogens (primary N) is 1. The molecule has 1 aromatic carbocycles. The van der Waals surface area contributed by atoms with Gasteiger partial charge in [0.1, 0.15) is 5.52 Å². The first-order chi connectivity index (χ1) is 7.27. The zero-order chi connectivity index (χ0) is 10.4. The summed E-state index contributed by atoms with van der Waals surface area (Å²) in [6.45, 7) is 0. The number of imidazole rings is 1. The molecule has 5 nitrogen and oxygen atoms in total. The monoisotopic (exact) mass is 200 g/mol. The van der Waals surface area contributed by atoms with E-state index in [1.54, 1.807) is 6.20 Å². The van der Waals surface area contributed by atoms with Crippen LogP contribution in [0.5, 0.6) is 0 Å². The SMILES string of the molecule is Nn1c(=O)[nH]c2cnc3ccccc3c21. The van der Waals surface area contributed by atoms with Gasteiger partial charge in [0.05, 0.1) is 17.2 Å². The predicted molar refractivity (Wildman–Crippen MR) is 58.0 cm³/mol. The second-order valence-corrected chi connectivity index (χ2v) is 3.34.